The van der Waals surface area contributed by atoms with Crippen LogP contribution in [0.25, 0.3) is 0 Å². The number of hydrogen-bond donors (Lipinski definition) is 1. The minimum Gasteiger partial charge on any atom is -0.497 e. The van der Waals surface area contributed by atoms with Crippen LogP contribution >= 0.6 is 0 Å². The molecule has 0 saturated heterocycles. The van der Waals surface area contributed by atoms with Gasteiger partial charge in [-0.05, 0) is 36.8 Å². The van der Waals surface area contributed by atoms with Crippen LogP contribution in [0.3, 0.4) is 0 Å². The van der Waals surface area contributed by atoms with E-state index >= 15 is 0 Å². The number of aryl methyl sites for hydroxylation is 1. The minimum atomic E-state index is -0.207. The molecule has 0 aliphatic rings. The van der Waals surface area contributed by atoms with E-state index in [1.807, 2.05) is 55.5 Å². The monoisotopic (exact) mass is 326 g/mol. The molecule has 5 heteroatoms. The molecule has 2 rings (SSSR count). The summed E-state index contributed by atoms with van der Waals surface area (Å²) in [7, 11) is 1.61. The van der Waals surface area contributed by atoms with Gasteiger partial charge in [-0.25, -0.2) is 0 Å². The molecule has 0 spiro atoms. The van der Waals surface area contributed by atoms with Crippen LogP contribution in [-0.4, -0.2) is 25.5 Å². The van der Waals surface area contributed by atoms with Gasteiger partial charge in [0, 0.05) is 19.2 Å². The van der Waals surface area contributed by atoms with Gasteiger partial charge < -0.3 is 15.0 Å². The average Bonchev–Trinajstić information content (AvgIpc) is 2.59. The minimum absolute atomic E-state index is 0.00541. The summed E-state index contributed by atoms with van der Waals surface area (Å²) >= 11 is 0. The predicted molar refractivity (Wildman–Crippen MR) is 94.0 cm³/mol. The van der Waals surface area contributed by atoms with Crippen LogP contribution in [0.2, 0.25) is 0 Å². The molecule has 0 heterocycles. The number of amides is 2. The third kappa shape index (κ3) is 4.84. The van der Waals surface area contributed by atoms with Gasteiger partial charge in [-0.15, -0.1) is 0 Å². The molecule has 2 aromatic carbocycles. The number of ether oxygens (including phenoxy) is 1. The molecule has 0 aliphatic heterocycles. The summed E-state index contributed by atoms with van der Waals surface area (Å²) in [6.45, 7) is 3.83. The van der Waals surface area contributed by atoms with E-state index in [0.717, 1.165) is 16.9 Å². The fourth-order valence-corrected chi connectivity index (χ4v) is 2.25. The lowest BCUT2D eigenvalue weighted by atomic mass is 10.2. The number of carbonyl (C=O) groups excluding carboxylic acids is 2. The molecule has 0 aliphatic carbocycles. The highest BCUT2D eigenvalue weighted by Gasteiger charge is 2.15. The van der Waals surface area contributed by atoms with E-state index in [1.165, 1.54) is 11.8 Å². The van der Waals surface area contributed by atoms with Crippen molar-refractivity contribution in [1.29, 1.82) is 0 Å². The molecule has 0 unspecified atom stereocenters. The van der Waals surface area contributed by atoms with Crippen molar-refractivity contribution in [1.82, 2.24) is 5.32 Å². The maximum atomic E-state index is 12.2. The van der Waals surface area contributed by atoms with Crippen molar-refractivity contribution in [2.24, 2.45) is 0 Å². The topological polar surface area (TPSA) is 58.6 Å². The molecule has 0 atom stereocenters. The predicted octanol–water partition coefficient (Wildman–Crippen LogP) is 2.67. The van der Waals surface area contributed by atoms with Gasteiger partial charge in [0.1, 0.15) is 12.3 Å². The van der Waals surface area contributed by atoms with Crippen molar-refractivity contribution in [3.8, 4) is 5.75 Å². The van der Waals surface area contributed by atoms with Gasteiger partial charge in [0.2, 0.25) is 11.8 Å². The van der Waals surface area contributed by atoms with Crippen LogP contribution in [0, 0.1) is 6.92 Å². The molecular weight excluding hydrogens is 304 g/mol. The highest BCUT2D eigenvalue weighted by atomic mass is 16.5. The molecule has 2 amide bonds. The van der Waals surface area contributed by atoms with Crippen LogP contribution in [0.5, 0.6) is 5.75 Å². The Labute approximate surface area is 142 Å². The number of anilines is 1. The van der Waals surface area contributed by atoms with Gasteiger partial charge in [0.25, 0.3) is 0 Å². The number of rotatable bonds is 6. The van der Waals surface area contributed by atoms with Gasteiger partial charge in [0.05, 0.1) is 7.11 Å². The highest BCUT2D eigenvalue weighted by molar-refractivity contribution is 5.97. The lowest BCUT2D eigenvalue weighted by Gasteiger charge is -2.21. The fraction of sp³-hybridized carbons (Fsp3) is 0.263. The number of carbonyl (C=O) groups is 2. The van der Waals surface area contributed by atoms with Crippen LogP contribution in [-0.2, 0) is 16.1 Å². The van der Waals surface area contributed by atoms with Crippen LogP contribution < -0.4 is 15.0 Å². The van der Waals surface area contributed by atoms with Crippen LogP contribution in [0.4, 0.5) is 5.69 Å². The Balaban J connectivity index is 1.95. The smallest absolute Gasteiger partial charge is 0.240 e. The Kier molecular flexibility index (Phi) is 5.95. The van der Waals surface area contributed by atoms with E-state index in [1.54, 1.807) is 7.11 Å². The first-order valence-electron chi connectivity index (χ1n) is 7.74. The van der Waals surface area contributed by atoms with Gasteiger partial charge >= 0.3 is 0 Å². The maximum absolute atomic E-state index is 12.2. The molecule has 5 nitrogen and oxygen atoms in total. The molecule has 0 saturated carbocycles. The standard InChI is InChI=1S/C19H22N2O3/c1-14-4-8-17(9-5-14)21(15(2)22)13-19(23)20-12-16-6-10-18(24-3)11-7-16/h4-11H,12-13H2,1-3H3,(H,20,23). The summed E-state index contributed by atoms with van der Waals surface area (Å²) in [5.74, 6) is 0.396. The van der Waals surface area contributed by atoms with Crippen molar-refractivity contribution in [3.63, 3.8) is 0 Å². The zero-order valence-electron chi connectivity index (χ0n) is 14.2. The van der Waals surface area contributed by atoms with E-state index in [4.69, 9.17) is 4.74 Å². The van der Waals surface area contributed by atoms with Crippen molar-refractivity contribution >= 4 is 17.5 Å². The van der Waals surface area contributed by atoms with E-state index in [2.05, 4.69) is 5.32 Å². The quantitative estimate of drug-likeness (QED) is 0.888. The second-order valence-electron chi connectivity index (χ2n) is 5.57. The normalized spacial score (nSPS) is 10.1. The molecule has 0 radical (unpaired) electrons. The van der Waals surface area contributed by atoms with Gasteiger partial charge in [0.15, 0.2) is 0 Å². The Morgan fingerprint density at radius 1 is 1.04 bits per heavy atom. The first-order valence-corrected chi connectivity index (χ1v) is 7.74. The Bertz CT molecular complexity index is 694. The third-order valence-corrected chi connectivity index (χ3v) is 3.68. The second-order valence-corrected chi connectivity index (χ2v) is 5.57. The maximum Gasteiger partial charge on any atom is 0.240 e. The number of methoxy groups -OCH3 is 1. The summed E-state index contributed by atoms with van der Waals surface area (Å²) < 4.78 is 5.10. The van der Waals surface area contributed by atoms with E-state index in [9.17, 15) is 9.59 Å². The lowest BCUT2D eigenvalue weighted by molar-refractivity contribution is -0.123. The van der Waals surface area contributed by atoms with E-state index in [0.29, 0.717) is 12.2 Å². The number of nitrogens with zero attached hydrogens (tertiary/aromatic N) is 1. The van der Waals surface area contributed by atoms with Crippen molar-refractivity contribution in [2.75, 3.05) is 18.6 Å². The Morgan fingerprint density at radius 2 is 1.67 bits per heavy atom. The first-order chi connectivity index (χ1) is 11.5. The Hall–Kier alpha value is -2.82. The number of hydrogen-bond acceptors (Lipinski definition) is 3. The summed E-state index contributed by atoms with van der Waals surface area (Å²) in [5.41, 5.74) is 2.78. The molecule has 0 aromatic heterocycles. The molecule has 0 fully saturated rings. The highest BCUT2D eigenvalue weighted by Crippen LogP contribution is 2.15. The van der Waals surface area contributed by atoms with Crippen molar-refractivity contribution < 1.29 is 14.3 Å². The second kappa shape index (κ2) is 8.15. The molecular formula is C19H22N2O3. The van der Waals surface area contributed by atoms with Crippen molar-refractivity contribution in [2.45, 2.75) is 20.4 Å². The van der Waals surface area contributed by atoms with Gasteiger partial charge in [-0.1, -0.05) is 29.8 Å². The van der Waals surface area contributed by atoms with Crippen LogP contribution in [0.15, 0.2) is 48.5 Å². The lowest BCUT2D eigenvalue weighted by Crippen LogP contribution is -2.39. The third-order valence-electron chi connectivity index (χ3n) is 3.68. The van der Waals surface area contributed by atoms with Crippen molar-refractivity contribution in [3.05, 3.63) is 59.7 Å². The fourth-order valence-electron chi connectivity index (χ4n) is 2.25. The van der Waals surface area contributed by atoms with Crippen LogP contribution in [0.1, 0.15) is 18.1 Å². The van der Waals surface area contributed by atoms with Gasteiger partial charge in [-0.3, -0.25) is 9.59 Å². The largest absolute Gasteiger partial charge is 0.497 e. The van der Waals surface area contributed by atoms with E-state index in [-0.39, 0.29) is 18.4 Å². The SMILES string of the molecule is COc1ccc(CNC(=O)CN(C(C)=O)c2ccc(C)cc2)cc1. The first kappa shape index (κ1) is 17.5. The summed E-state index contributed by atoms with van der Waals surface area (Å²) in [6.07, 6.45) is 0. The number of nitrogens with one attached hydrogen (secondary N) is 1. The Morgan fingerprint density at radius 3 is 2.21 bits per heavy atom. The van der Waals surface area contributed by atoms with E-state index < -0.39 is 0 Å². The molecule has 24 heavy (non-hydrogen) atoms. The summed E-state index contributed by atoms with van der Waals surface area (Å²) in [5, 5.41) is 2.83. The number of benzene rings is 2. The van der Waals surface area contributed by atoms with Gasteiger partial charge in [-0.2, -0.15) is 0 Å². The summed E-state index contributed by atoms with van der Waals surface area (Å²) in [4.78, 5) is 25.5. The molecule has 126 valence electrons. The molecule has 0 bridgehead atoms. The zero-order chi connectivity index (χ0) is 17.5. The average molecular weight is 326 g/mol. The zero-order valence-corrected chi connectivity index (χ0v) is 14.2. The molecule has 1 N–H and O–H groups in total. The summed E-state index contributed by atoms with van der Waals surface area (Å²) in [6, 6.07) is 15.0. The molecule has 2 aromatic rings.